The molecule has 1 aliphatic heterocycles. The summed E-state index contributed by atoms with van der Waals surface area (Å²) >= 11 is 3.46. The van der Waals surface area contributed by atoms with Gasteiger partial charge in [0.2, 0.25) is 5.95 Å². The molecule has 6 nitrogen and oxygen atoms in total. The highest BCUT2D eigenvalue weighted by molar-refractivity contribution is 9.10. The topological polar surface area (TPSA) is 67.3 Å². The Hall–Kier alpha value is -2.15. The lowest BCUT2D eigenvalue weighted by molar-refractivity contribution is 0.181. The van der Waals surface area contributed by atoms with E-state index in [1.807, 2.05) is 31.2 Å². The summed E-state index contributed by atoms with van der Waals surface area (Å²) in [6.07, 6.45) is 1.26. The molecule has 0 unspecified atom stereocenters. The van der Waals surface area contributed by atoms with Gasteiger partial charge in [-0.3, -0.25) is 4.90 Å². The van der Waals surface area contributed by atoms with Crippen molar-refractivity contribution >= 4 is 33.8 Å². The van der Waals surface area contributed by atoms with Crippen molar-refractivity contribution < 1.29 is 9.53 Å². The monoisotopic (exact) mass is 362 g/mol. The summed E-state index contributed by atoms with van der Waals surface area (Å²) in [5.41, 5.74) is 1.11. The van der Waals surface area contributed by atoms with Crippen LogP contribution in [0.2, 0.25) is 0 Å². The molecule has 0 aliphatic carbocycles. The molecule has 1 aliphatic rings. The molecule has 0 spiro atoms. The van der Waals surface area contributed by atoms with Crippen LogP contribution >= 0.6 is 15.9 Å². The number of hydrogen-bond acceptors (Lipinski definition) is 5. The Balaban J connectivity index is 1.76. The lowest BCUT2D eigenvalue weighted by Gasteiger charge is -2.16. The van der Waals surface area contributed by atoms with E-state index >= 15 is 0 Å². The first-order valence-corrected chi connectivity index (χ1v) is 7.72. The lowest BCUT2D eigenvalue weighted by atomic mass is 10.1. The average Bonchev–Trinajstić information content (AvgIpc) is 2.94. The summed E-state index contributed by atoms with van der Waals surface area (Å²) in [5.74, 6) is 1.02. The minimum absolute atomic E-state index is 0.0401. The van der Waals surface area contributed by atoms with Crippen LogP contribution in [0, 0.1) is 0 Å². The molecule has 1 aromatic carbocycles. The van der Waals surface area contributed by atoms with Crippen LogP contribution in [-0.2, 0) is 4.74 Å². The van der Waals surface area contributed by atoms with Crippen LogP contribution in [0.3, 0.4) is 0 Å². The van der Waals surface area contributed by atoms with Crippen molar-refractivity contribution in [2.75, 3.05) is 23.4 Å². The van der Waals surface area contributed by atoms with Crippen LogP contribution < -0.4 is 10.2 Å². The largest absolute Gasteiger partial charge is 0.447 e. The lowest BCUT2D eigenvalue weighted by Crippen LogP contribution is -2.25. The maximum absolute atomic E-state index is 11.6. The highest BCUT2D eigenvalue weighted by Gasteiger charge is 2.25. The van der Waals surface area contributed by atoms with E-state index in [1.54, 1.807) is 12.3 Å². The molecule has 0 saturated carbocycles. The van der Waals surface area contributed by atoms with E-state index in [9.17, 15) is 4.79 Å². The first kappa shape index (κ1) is 14.8. The van der Waals surface area contributed by atoms with Crippen molar-refractivity contribution in [2.24, 2.45) is 0 Å². The first-order valence-electron chi connectivity index (χ1n) is 6.93. The molecule has 1 N–H and O–H groups in total. The smallest absolute Gasteiger partial charge is 0.415 e. The molecule has 3 rings (SSSR count). The minimum atomic E-state index is -0.371. The molecule has 0 bridgehead atoms. The van der Waals surface area contributed by atoms with Gasteiger partial charge in [-0.25, -0.2) is 9.78 Å². The fourth-order valence-corrected chi connectivity index (χ4v) is 2.64. The maximum Gasteiger partial charge on any atom is 0.415 e. The van der Waals surface area contributed by atoms with Gasteiger partial charge in [0.25, 0.3) is 0 Å². The van der Waals surface area contributed by atoms with E-state index in [0.717, 1.165) is 10.0 Å². The zero-order valence-electron chi connectivity index (χ0n) is 12.0. The molecule has 7 heteroatoms. The van der Waals surface area contributed by atoms with Gasteiger partial charge in [-0.05, 0) is 30.7 Å². The van der Waals surface area contributed by atoms with Crippen LogP contribution in [-0.4, -0.2) is 29.2 Å². The van der Waals surface area contributed by atoms with E-state index in [2.05, 4.69) is 31.2 Å². The fraction of sp³-hybridized carbons (Fsp3) is 0.267. The van der Waals surface area contributed by atoms with Crippen LogP contribution in [0.5, 0.6) is 0 Å². The zero-order chi connectivity index (χ0) is 15.5. The van der Waals surface area contributed by atoms with Crippen LogP contribution in [0.4, 0.5) is 16.6 Å². The second-order valence-corrected chi connectivity index (χ2v) is 5.84. The third kappa shape index (κ3) is 3.19. The average molecular weight is 363 g/mol. The minimum Gasteiger partial charge on any atom is -0.447 e. The van der Waals surface area contributed by atoms with Crippen molar-refractivity contribution in [3.8, 4) is 0 Å². The Kier molecular flexibility index (Phi) is 4.24. The third-order valence-corrected chi connectivity index (χ3v) is 3.87. The quantitative estimate of drug-likeness (QED) is 0.902. The summed E-state index contributed by atoms with van der Waals surface area (Å²) < 4.78 is 5.95. The zero-order valence-corrected chi connectivity index (χ0v) is 13.6. The van der Waals surface area contributed by atoms with E-state index in [4.69, 9.17) is 4.74 Å². The normalized spacial score (nSPS) is 15.5. The molecule has 1 aromatic heterocycles. The van der Waals surface area contributed by atoms with Gasteiger partial charge in [0.1, 0.15) is 12.4 Å². The summed E-state index contributed by atoms with van der Waals surface area (Å²) in [6.45, 7) is 2.93. The molecular weight excluding hydrogens is 348 g/mol. The number of nitrogens with zero attached hydrogens (tertiary/aromatic N) is 3. The Bertz CT molecular complexity index is 695. The van der Waals surface area contributed by atoms with Crippen molar-refractivity contribution in [1.82, 2.24) is 9.97 Å². The summed E-state index contributed by atoms with van der Waals surface area (Å²) in [5, 5.41) is 3.24. The number of carbonyl (C=O) groups is 1. The second-order valence-electron chi connectivity index (χ2n) is 4.93. The number of carbonyl (C=O) groups excluding carboxylic acids is 1. The highest BCUT2D eigenvalue weighted by Crippen LogP contribution is 2.22. The van der Waals surface area contributed by atoms with Crippen molar-refractivity contribution in [3.63, 3.8) is 0 Å². The van der Waals surface area contributed by atoms with Gasteiger partial charge in [-0.2, -0.15) is 4.98 Å². The van der Waals surface area contributed by atoms with Gasteiger partial charge < -0.3 is 10.1 Å². The molecular formula is C15H15BrN4O2. The SMILES string of the molecule is C[C@H](Nc1nccc(N2CCOC2=O)n1)c1cccc(Br)c1. The Morgan fingerprint density at radius 3 is 3.00 bits per heavy atom. The van der Waals surface area contributed by atoms with Crippen LogP contribution in [0.1, 0.15) is 18.5 Å². The molecule has 2 heterocycles. The van der Waals surface area contributed by atoms with Gasteiger partial charge >= 0.3 is 6.09 Å². The predicted octanol–water partition coefficient (Wildman–Crippen LogP) is 3.37. The number of rotatable bonds is 4. The number of hydrogen-bond donors (Lipinski definition) is 1. The van der Waals surface area contributed by atoms with Gasteiger partial charge in [0.05, 0.1) is 12.6 Å². The van der Waals surface area contributed by atoms with E-state index in [0.29, 0.717) is 24.9 Å². The van der Waals surface area contributed by atoms with Crippen LogP contribution in [0.25, 0.3) is 0 Å². The first-order chi connectivity index (χ1) is 10.6. The summed E-state index contributed by atoms with van der Waals surface area (Å²) in [7, 11) is 0. The number of benzene rings is 1. The highest BCUT2D eigenvalue weighted by atomic mass is 79.9. The van der Waals surface area contributed by atoms with Gasteiger partial charge in [-0.1, -0.05) is 28.1 Å². The Labute approximate surface area is 136 Å². The number of aromatic nitrogens is 2. The van der Waals surface area contributed by atoms with Gasteiger partial charge in [0, 0.05) is 10.7 Å². The number of nitrogens with one attached hydrogen (secondary N) is 1. The Morgan fingerprint density at radius 2 is 2.27 bits per heavy atom. The van der Waals surface area contributed by atoms with Gasteiger partial charge in [0.15, 0.2) is 0 Å². The molecule has 1 fully saturated rings. The van der Waals surface area contributed by atoms with E-state index in [1.165, 1.54) is 4.90 Å². The molecule has 0 radical (unpaired) electrons. The molecule has 1 amide bonds. The van der Waals surface area contributed by atoms with Crippen molar-refractivity contribution in [3.05, 3.63) is 46.6 Å². The Morgan fingerprint density at radius 1 is 1.41 bits per heavy atom. The second kappa shape index (κ2) is 6.31. The maximum atomic E-state index is 11.6. The number of amides is 1. The van der Waals surface area contributed by atoms with Crippen LogP contribution in [0.15, 0.2) is 41.0 Å². The molecule has 2 aromatic rings. The molecule has 22 heavy (non-hydrogen) atoms. The number of halogens is 1. The van der Waals surface area contributed by atoms with Gasteiger partial charge in [-0.15, -0.1) is 0 Å². The summed E-state index contributed by atoms with van der Waals surface area (Å²) in [6, 6.07) is 9.77. The number of cyclic esters (lactones) is 1. The van der Waals surface area contributed by atoms with E-state index in [-0.39, 0.29) is 12.1 Å². The summed E-state index contributed by atoms with van der Waals surface area (Å²) in [4.78, 5) is 21.7. The number of ether oxygens (including phenoxy) is 1. The fourth-order valence-electron chi connectivity index (χ4n) is 2.22. The third-order valence-electron chi connectivity index (χ3n) is 3.37. The van der Waals surface area contributed by atoms with E-state index < -0.39 is 0 Å². The molecule has 1 saturated heterocycles. The predicted molar refractivity (Wildman–Crippen MR) is 86.9 cm³/mol. The standard InChI is InChI=1S/C15H15BrN4O2/c1-10(11-3-2-4-12(16)9-11)18-14-17-6-5-13(19-14)20-7-8-22-15(20)21/h2-6,9-10H,7-8H2,1H3,(H,17,18,19)/t10-/m0/s1. The molecule has 1 atom stereocenters. The van der Waals surface area contributed by atoms with Crippen molar-refractivity contribution in [1.29, 1.82) is 0 Å². The van der Waals surface area contributed by atoms with Crippen molar-refractivity contribution in [2.45, 2.75) is 13.0 Å². The number of anilines is 2. The molecule has 114 valence electrons.